The summed E-state index contributed by atoms with van der Waals surface area (Å²) in [5.41, 5.74) is 8.87. The first-order valence-electron chi connectivity index (χ1n) is 15.0. The molecule has 47 heavy (non-hydrogen) atoms. The molecule has 5 heterocycles. The van der Waals surface area contributed by atoms with Crippen molar-refractivity contribution in [2.24, 2.45) is 0 Å². The van der Waals surface area contributed by atoms with Crippen molar-refractivity contribution >= 4 is 56.5 Å². The molecule has 0 aromatic carbocycles. The summed E-state index contributed by atoms with van der Waals surface area (Å²) < 4.78 is 11.9. The molecule has 3 aromatic heterocycles. The van der Waals surface area contributed by atoms with Gasteiger partial charge in [-0.15, -0.1) is 16.6 Å². The summed E-state index contributed by atoms with van der Waals surface area (Å²) >= 11 is 0. The van der Waals surface area contributed by atoms with Crippen molar-refractivity contribution < 1.29 is 59.0 Å². The first-order valence-corrected chi connectivity index (χ1v) is 15.0. The van der Waals surface area contributed by atoms with Crippen LogP contribution < -0.4 is 14.7 Å². The van der Waals surface area contributed by atoms with Crippen molar-refractivity contribution in [2.45, 2.75) is 53.4 Å². The molecule has 12 nitrogen and oxygen atoms in total. The molecule has 0 atom stereocenters. The van der Waals surface area contributed by atoms with E-state index in [1.54, 1.807) is 18.2 Å². The van der Waals surface area contributed by atoms with Crippen molar-refractivity contribution in [3.8, 4) is 5.75 Å². The van der Waals surface area contributed by atoms with Crippen LogP contribution in [0.5, 0.6) is 5.75 Å². The topological polar surface area (TPSA) is 187 Å². The molecule has 242 valence electrons. The zero-order valence-electron chi connectivity index (χ0n) is 26.9. The summed E-state index contributed by atoms with van der Waals surface area (Å²) in [6.07, 6.45) is 0.261. The van der Waals surface area contributed by atoms with Crippen LogP contribution in [-0.4, -0.2) is 68.8 Å². The van der Waals surface area contributed by atoms with E-state index in [2.05, 4.69) is 0 Å². The number of aromatic nitrogens is 4. The molecular formula is C34H36N4O8Zn. The zero-order chi connectivity index (χ0) is 33.1. The van der Waals surface area contributed by atoms with E-state index in [1.807, 2.05) is 33.8 Å². The molecule has 0 saturated heterocycles. The van der Waals surface area contributed by atoms with Crippen molar-refractivity contribution in [3.05, 3.63) is 63.7 Å². The zero-order valence-corrected chi connectivity index (χ0v) is 29.9. The Kier molecular flexibility index (Phi) is 11.4. The third kappa shape index (κ3) is 7.48. The van der Waals surface area contributed by atoms with E-state index in [-0.39, 0.29) is 71.6 Å². The normalized spacial score (nSPS) is 12.7. The second-order valence-electron chi connectivity index (χ2n) is 11.2. The van der Waals surface area contributed by atoms with Gasteiger partial charge in [0.25, 0.3) is 0 Å². The van der Waals surface area contributed by atoms with Crippen molar-refractivity contribution in [3.63, 3.8) is 0 Å². The minimum absolute atomic E-state index is 0. The summed E-state index contributed by atoms with van der Waals surface area (Å²) in [4.78, 5) is 42.6. The Labute approximate surface area is 284 Å². The molecule has 13 heteroatoms. The number of fused-ring (bicyclic) bond motifs is 8. The third-order valence-electron chi connectivity index (χ3n) is 8.12. The van der Waals surface area contributed by atoms with Crippen molar-refractivity contribution in [1.29, 1.82) is 0 Å². The van der Waals surface area contributed by atoms with Gasteiger partial charge in [0.05, 0.1) is 30.3 Å². The minimum Gasteiger partial charge on any atom is -0.657 e. The van der Waals surface area contributed by atoms with Gasteiger partial charge in [-0.25, -0.2) is 9.97 Å². The molecule has 0 amide bonds. The summed E-state index contributed by atoms with van der Waals surface area (Å²) in [6.45, 7) is 7.19. The Morgan fingerprint density at radius 3 is 1.89 bits per heavy atom. The summed E-state index contributed by atoms with van der Waals surface area (Å²) in [5.74, 6) is -0.930. The van der Waals surface area contributed by atoms with E-state index >= 15 is 0 Å². The number of carboxylic acid groups (broad SMARTS) is 2. The Balaban J connectivity index is 0.00000500. The molecule has 3 aromatic rings. The van der Waals surface area contributed by atoms with Crippen molar-refractivity contribution in [2.75, 3.05) is 26.4 Å². The van der Waals surface area contributed by atoms with Crippen LogP contribution in [0, 0.1) is 13.8 Å². The molecule has 2 aliphatic heterocycles. The fraction of sp³-hybridized carbons (Fsp3) is 0.353. The van der Waals surface area contributed by atoms with Gasteiger partial charge >= 0.3 is 31.4 Å². The van der Waals surface area contributed by atoms with Gasteiger partial charge in [0, 0.05) is 18.4 Å². The van der Waals surface area contributed by atoms with Crippen LogP contribution in [0.4, 0.5) is 0 Å². The average Bonchev–Trinajstić information content (AvgIpc) is 3.66. The predicted octanol–water partition coefficient (Wildman–Crippen LogP) is 4.27. The number of hydrogen-bond donors (Lipinski definition) is 4. The number of allylic oxidation sites excluding steroid dienone is 3. The molecule has 4 N–H and O–H groups in total. The van der Waals surface area contributed by atoms with Gasteiger partial charge in [-0.1, -0.05) is 28.8 Å². The molecule has 2 aliphatic rings. The molecule has 8 bridgehead atoms. The van der Waals surface area contributed by atoms with Crippen LogP contribution in [0.1, 0.15) is 72.6 Å². The molecule has 0 radical (unpaired) electrons. The van der Waals surface area contributed by atoms with E-state index in [0.717, 1.165) is 27.8 Å². The van der Waals surface area contributed by atoms with Crippen LogP contribution >= 0.6 is 0 Å². The molecule has 0 aliphatic carbocycles. The molecule has 0 saturated carbocycles. The second-order valence-corrected chi connectivity index (χ2v) is 11.2. The number of hydrogen-bond acceptors (Lipinski definition) is 8. The van der Waals surface area contributed by atoms with Crippen LogP contribution in [0.2, 0.25) is 0 Å². The van der Waals surface area contributed by atoms with Gasteiger partial charge in [-0.3, -0.25) is 9.59 Å². The SMILES string of the molecule is CC1=C(CCC(=O)O)c2cc3[n-]c(cc4nc(cc5[n-]c(cc1n2)c(C)c5OCCO)C(C)=C4OCCO)c(C)c3CCC(=O)O.[Zn+2]. The maximum atomic E-state index is 11.6. The second kappa shape index (κ2) is 15.1. The van der Waals surface area contributed by atoms with Crippen LogP contribution in [0.3, 0.4) is 0 Å². The largest absolute Gasteiger partial charge is 2.00 e. The fourth-order valence-corrected chi connectivity index (χ4v) is 5.67. The van der Waals surface area contributed by atoms with Crippen LogP contribution in [-0.2, 0) is 40.2 Å². The third-order valence-corrected chi connectivity index (χ3v) is 8.12. The average molecular weight is 694 g/mol. The molecule has 0 spiro atoms. The number of rotatable bonds is 12. The number of carboxylic acids is 2. The molecule has 0 unspecified atom stereocenters. The molecule has 0 fully saturated rings. The number of ether oxygens (including phenoxy) is 2. The van der Waals surface area contributed by atoms with E-state index in [4.69, 9.17) is 29.4 Å². The number of nitrogens with zero attached hydrogens (tertiary/aromatic N) is 4. The van der Waals surface area contributed by atoms with Gasteiger partial charge in [-0.05, 0) is 69.4 Å². The molecular weight excluding hydrogens is 658 g/mol. The van der Waals surface area contributed by atoms with Gasteiger partial charge in [-0.2, -0.15) is 0 Å². The minimum atomic E-state index is -0.941. The number of carbonyl (C=O) groups is 2. The van der Waals surface area contributed by atoms with E-state index in [0.29, 0.717) is 61.9 Å². The first kappa shape index (κ1) is 35.5. The Bertz CT molecular complexity index is 1940. The van der Waals surface area contributed by atoms with Gasteiger partial charge in [0.1, 0.15) is 30.4 Å². The van der Waals surface area contributed by atoms with Gasteiger partial charge in [0.2, 0.25) is 0 Å². The Morgan fingerprint density at radius 1 is 0.681 bits per heavy atom. The smallest absolute Gasteiger partial charge is 0.657 e. The first-order chi connectivity index (χ1) is 22.0. The fourth-order valence-electron chi connectivity index (χ4n) is 5.67. The van der Waals surface area contributed by atoms with E-state index in [1.165, 1.54) is 0 Å². The van der Waals surface area contributed by atoms with Crippen LogP contribution in [0.25, 0.3) is 44.5 Å². The number of aliphatic hydroxyl groups excluding tert-OH is 2. The quantitative estimate of drug-likeness (QED) is 0.198. The van der Waals surface area contributed by atoms with E-state index in [9.17, 15) is 30.0 Å². The predicted molar refractivity (Wildman–Crippen MR) is 172 cm³/mol. The van der Waals surface area contributed by atoms with Gasteiger partial charge in [0.15, 0.2) is 0 Å². The molecule has 5 rings (SSSR count). The van der Waals surface area contributed by atoms with Crippen molar-refractivity contribution in [1.82, 2.24) is 19.9 Å². The number of aryl methyl sites for hydroxylation is 3. The number of aliphatic hydroxyl groups is 2. The van der Waals surface area contributed by atoms with Gasteiger partial charge < -0.3 is 39.9 Å². The maximum absolute atomic E-state index is 11.6. The maximum Gasteiger partial charge on any atom is 2.00 e. The summed E-state index contributed by atoms with van der Waals surface area (Å²) in [6, 6.07) is 7.15. The standard InChI is InChI=1S/C34H38N4O8.Zn/c1-17-21(5-7-31(41)42)27-16-28-22(6-8-32(43)44)18(2)24(36-28)14-29-34(46-12-10-40)20(4)26(38-29)15-30-33(45-11-9-39)19(3)25(37-30)13-23(17)35-27;/h13-16,39-40H,5-12H2,1-4H3,(H4,35,36,37,38,41,42,43,44);/q;+2/p-2. The number of aliphatic carboxylic acids is 2. The summed E-state index contributed by atoms with van der Waals surface area (Å²) in [5, 5.41) is 38.0. The van der Waals surface area contributed by atoms with Crippen LogP contribution in [0.15, 0.2) is 24.3 Å². The Hall–Kier alpha value is -4.32. The Morgan fingerprint density at radius 2 is 1.21 bits per heavy atom. The summed E-state index contributed by atoms with van der Waals surface area (Å²) in [7, 11) is 0. The monoisotopic (exact) mass is 692 g/mol. The van der Waals surface area contributed by atoms with E-state index < -0.39 is 11.9 Å².